The minimum absolute atomic E-state index is 0.0487. The van der Waals surface area contributed by atoms with E-state index < -0.39 is 47.1 Å². The summed E-state index contributed by atoms with van der Waals surface area (Å²) in [7, 11) is 1.22. The number of methoxy groups -OCH3 is 1. The quantitative estimate of drug-likeness (QED) is 0.172. The Morgan fingerprint density at radius 1 is 0.978 bits per heavy atom. The number of benzene rings is 3. The zero-order valence-corrected chi connectivity index (χ0v) is 27.6. The van der Waals surface area contributed by atoms with Gasteiger partial charge in [0.1, 0.15) is 19.1 Å². The fourth-order valence-corrected chi connectivity index (χ4v) is 5.90. The predicted octanol–water partition coefficient (Wildman–Crippen LogP) is 2.38. The lowest BCUT2D eigenvalue weighted by molar-refractivity contribution is -0.954. The third kappa shape index (κ3) is 8.91. The first kappa shape index (κ1) is 34.1. The molecule has 3 amide bonds. The number of rotatable bonds is 11. The zero-order valence-electron chi connectivity index (χ0n) is 26.0. The number of halogens is 1. The summed E-state index contributed by atoms with van der Waals surface area (Å²) in [6.45, 7) is 5.42. The molecule has 0 aromatic heterocycles. The van der Waals surface area contributed by atoms with Gasteiger partial charge in [0.15, 0.2) is 5.60 Å². The molecule has 1 aliphatic rings. The van der Waals surface area contributed by atoms with E-state index in [1.54, 1.807) is 0 Å². The van der Waals surface area contributed by atoms with Gasteiger partial charge in [-0.05, 0) is 34.2 Å². The van der Waals surface area contributed by atoms with Crippen LogP contribution < -0.4 is 21.1 Å². The van der Waals surface area contributed by atoms with Crippen LogP contribution in [0.5, 0.6) is 0 Å². The molecule has 5 atom stereocenters. The average Bonchev–Trinajstić information content (AvgIpc) is 3.31. The Bertz CT molecular complexity index is 1480. The Balaban J connectivity index is 1.67. The van der Waals surface area contributed by atoms with Gasteiger partial charge in [-0.25, -0.2) is 15.2 Å². The number of quaternary nitrogens is 1. The molecule has 11 heteroatoms. The van der Waals surface area contributed by atoms with Crippen LogP contribution in [0, 0.1) is 5.41 Å². The number of hydrogen-bond acceptors (Lipinski definition) is 6. The number of aliphatic hydroxyl groups is 2. The number of fused-ring (bicyclic) bond motifs is 1. The van der Waals surface area contributed by atoms with E-state index in [-0.39, 0.29) is 19.5 Å². The highest BCUT2D eigenvalue weighted by molar-refractivity contribution is 9.10. The first-order chi connectivity index (χ1) is 21.3. The third-order valence-electron chi connectivity index (χ3n) is 7.97. The highest BCUT2D eigenvalue weighted by atomic mass is 79.9. The molecule has 0 heterocycles. The fraction of sp³-hybridized carbons (Fsp3) is 0.382. The first-order valence-electron chi connectivity index (χ1n) is 14.9. The Kier molecular flexibility index (Phi) is 11.0. The summed E-state index contributed by atoms with van der Waals surface area (Å²) < 4.78 is 5.64. The van der Waals surface area contributed by atoms with Crippen molar-refractivity contribution in [2.75, 3.05) is 13.7 Å². The van der Waals surface area contributed by atoms with Crippen molar-refractivity contribution in [3.05, 3.63) is 106 Å². The smallest absolute Gasteiger partial charge is 0.407 e. The van der Waals surface area contributed by atoms with Crippen molar-refractivity contribution in [1.82, 2.24) is 16.1 Å². The minimum Gasteiger partial charge on any atom is -0.453 e. The van der Waals surface area contributed by atoms with Gasteiger partial charge >= 0.3 is 6.09 Å². The molecule has 0 spiro atoms. The largest absolute Gasteiger partial charge is 0.453 e. The number of carbonyl (C=O) groups is 3. The summed E-state index contributed by atoms with van der Waals surface area (Å²) in [5.41, 5.74) is 3.53. The van der Waals surface area contributed by atoms with Crippen LogP contribution >= 0.6 is 15.9 Å². The van der Waals surface area contributed by atoms with Gasteiger partial charge in [-0.1, -0.05) is 103 Å². The van der Waals surface area contributed by atoms with Crippen LogP contribution in [-0.2, 0) is 33.7 Å². The van der Waals surface area contributed by atoms with Gasteiger partial charge in [-0.15, -0.1) is 0 Å². The Morgan fingerprint density at radius 3 is 2.27 bits per heavy atom. The average molecular weight is 683 g/mol. The maximum Gasteiger partial charge on any atom is 0.407 e. The maximum atomic E-state index is 14.1. The van der Waals surface area contributed by atoms with Crippen molar-refractivity contribution < 1.29 is 34.3 Å². The molecule has 10 nitrogen and oxygen atoms in total. The van der Waals surface area contributed by atoms with E-state index in [4.69, 9.17) is 4.74 Å². The second-order valence-corrected chi connectivity index (χ2v) is 13.5. The van der Waals surface area contributed by atoms with Crippen molar-refractivity contribution in [3.63, 3.8) is 0 Å². The topological polar surface area (TPSA) is 141 Å². The summed E-state index contributed by atoms with van der Waals surface area (Å²) in [4.78, 5) is 40.0. The van der Waals surface area contributed by atoms with Crippen LogP contribution in [0.25, 0.3) is 0 Å². The lowest BCUT2D eigenvalue weighted by Gasteiger charge is -2.34. The number of amides is 3. The number of carbonyl (C=O) groups excluding carboxylic acids is 3. The molecule has 0 saturated heterocycles. The zero-order chi connectivity index (χ0) is 32.8. The molecular formula is C34H42BrN4O6+. The molecule has 0 fully saturated rings. The van der Waals surface area contributed by atoms with Gasteiger partial charge in [0.05, 0.1) is 19.3 Å². The van der Waals surface area contributed by atoms with E-state index in [9.17, 15) is 24.6 Å². The van der Waals surface area contributed by atoms with Crippen LogP contribution in [0.4, 0.5) is 4.79 Å². The van der Waals surface area contributed by atoms with Crippen molar-refractivity contribution in [2.45, 2.75) is 63.9 Å². The fourth-order valence-electron chi connectivity index (χ4n) is 5.63. The van der Waals surface area contributed by atoms with Gasteiger partial charge in [0.2, 0.25) is 0 Å². The van der Waals surface area contributed by atoms with Crippen molar-refractivity contribution >= 4 is 33.8 Å². The maximum absolute atomic E-state index is 14.1. The highest BCUT2D eigenvalue weighted by Gasteiger charge is 2.45. The SMILES string of the molecule is COC(=O)N[C@H](C(=O)N[NH+](Cc1ccc(Br)cc1)C[C@@](O)(Cc1ccccc1)C(=O)N[C@H]1c2ccccc2C[C@H]1O)C(C)(C)C. The second-order valence-electron chi connectivity index (χ2n) is 12.6. The van der Waals surface area contributed by atoms with Crippen LogP contribution in [0.15, 0.2) is 83.3 Å². The van der Waals surface area contributed by atoms with E-state index >= 15 is 0 Å². The molecule has 4 rings (SSSR count). The Morgan fingerprint density at radius 2 is 1.62 bits per heavy atom. The molecular weight excluding hydrogens is 640 g/mol. The molecule has 0 bridgehead atoms. The number of aliphatic hydroxyl groups excluding tert-OH is 1. The van der Waals surface area contributed by atoms with E-state index in [1.807, 2.05) is 99.6 Å². The molecule has 1 aliphatic carbocycles. The Labute approximate surface area is 272 Å². The van der Waals surface area contributed by atoms with Crippen LogP contribution in [0.3, 0.4) is 0 Å². The van der Waals surface area contributed by atoms with Crippen LogP contribution in [0.1, 0.15) is 49.1 Å². The normalized spacial score (nSPS) is 18.6. The molecule has 3 aromatic rings. The third-order valence-corrected chi connectivity index (χ3v) is 8.49. The second kappa shape index (κ2) is 14.6. The molecule has 0 aliphatic heterocycles. The van der Waals surface area contributed by atoms with Crippen molar-refractivity contribution in [3.8, 4) is 0 Å². The van der Waals surface area contributed by atoms with Crippen molar-refractivity contribution in [2.24, 2.45) is 5.41 Å². The van der Waals surface area contributed by atoms with Crippen molar-refractivity contribution in [1.29, 1.82) is 0 Å². The predicted molar refractivity (Wildman–Crippen MR) is 173 cm³/mol. The van der Waals surface area contributed by atoms with E-state index in [0.717, 1.165) is 26.7 Å². The standard InChI is InChI=1S/C34H41BrN4O6/c1-33(2,3)29(37-32(43)45-4)30(41)38-39(20-23-14-16-25(35)17-15-23)21-34(44,19-22-10-6-5-7-11-22)31(42)36-28-26-13-9-8-12-24(26)18-27(28)40/h5-17,27-29,40,44H,18-21H2,1-4H3,(H,36,42)(H,37,43)(H,38,41)/p+1/t27-,28+,29-,34+/m1/s1. The summed E-state index contributed by atoms with van der Waals surface area (Å²) in [5.74, 6) is -1.18. The number of nitrogens with one attached hydrogen (secondary N) is 4. The van der Waals surface area contributed by atoms with Gasteiger partial charge in [-0.2, -0.15) is 0 Å². The van der Waals surface area contributed by atoms with Gasteiger partial charge in [-0.3, -0.25) is 9.59 Å². The lowest BCUT2D eigenvalue weighted by Crippen LogP contribution is -3.20. The first-order valence-corrected chi connectivity index (χ1v) is 15.7. The van der Waals surface area contributed by atoms with Gasteiger partial charge in [0, 0.05) is 22.9 Å². The van der Waals surface area contributed by atoms with E-state index in [1.165, 1.54) is 7.11 Å². The molecule has 0 radical (unpaired) electrons. The van der Waals surface area contributed by atoms with E-state index in [2.05, 4.69) is 32.0 Å². The van der Waals surface area contributed by atoms with Crippen LogP contribution in [-0.4, -0.2) is 59.5 Å². The minimum atomic E-state index is -2.01. The summed E-state index contributed by atoms with van der Waals surface area (Å²) in [5, 5.41) is 29.0. The molecule has 45 heavy (non-hydrogen) atoms. The molecule has 0 saturated carbocycles. The monoisotopic (exact) mass is 681 g/mol. The van der Waals surface area contributed by atoms with Crippen LogP contribution in [0.2, 0.25) is 0 Å². The summed E-state index contributed by atoms with van der Waals surface area (Å²) >= 11 is 3.44. The highest BCUT2D eigenvalue weighted by Crippen LogP contribution is 2.32. The number of alkyl carbamates (subject to hydrolysis) is 1. The van der Waals surface area contributed by atoms with E-state index in [0.29, 0.717) is 11.4 Å². The summed E-state index contributed by atoms with van der Waals surface area (Å²) in [6, 6.07) is 22.5. The Hall–Kier alpha value is -3.77. The molecule has 240 valence electrons. The van der Waals surface area contributed by atoms with Gasteiger partial charge < -0.3 is 25.6 Å². The number of ether oxygens (including phenoxy) is 1. The number of hydrogen-bond donors (Lipinski definition) is 6. The molecule has 6 N–H and O–H groups in total. The van der Waals surface area contributed by atoms with Gasteiger partial charge in [0.25, 0.3) is 11.8 Å². The molecule has 1 unspecified atom stereocenters. The molecule has 3 aromatic carbocycles. The lowest BCUT2D eigenvalue weighted by atomic mass is 9.86. The summed E-state index contributed by atoms with van der Waals surface area (Å²) in [6.07, 6.45) is -1.27.